The standard InChI is InChI=1S/C30H45N9O8/c1-16(2)12-22(37-24(40)15-36-26(43)19(31)9-10-25(41)42)28(45)38-21(8-5-11-34-30(32)33)27(44)39-23(29(46)47)13-17-14-35-20-7-4-3-6-18(17)20/h3-4,6-7,14,16,19,21-23,35H,5,8-13,15,31H2,1-2H3,(H,36,43)(H,37,40)(H,38,45)(H,39,44)(H,41,42)(H,46,47)(H4,32,33,34)/t19-,21-,22-,23-/m0/s1. The lowest BCUT2D eigenvalue weighted by atomic mass is 10.0. The Morgan fingerprint density at radius 2 is 1.55 bits per heavy atom. The van der Waals surface area contributed by atoms with E-state index in [1.54, 1.807) is 6.20 Å². The number of aliphatic carboxylic acids is 2. The van der Waals surface area contributed by atoms with E-state index in [2.05, 4.69) is 31.2 Å². The molecule has 0 saturated heterocycles. The van der Waals surface area contributed by atoms with Crippen molar-refractivity contribution in [2.24, 2.45) is 28.1 Å². The predicted molar refractivity (Wildman–Crippen MR) is 173 cm³/mol. The second-order valence-corrected chi connectivity index (χ2v) is 11.5. The molecule has 2 aromatic rings. The number of para-hydroxylation sites is 1. The van der Waals surface area contributed by atoms with Gasteiger partial charge in [-0.3, -0.25) is 29.0 Å². The minimum atomic E-state index is -1.32. The van der Waals surface area contributed by atoms with Crippen LogP contribution in [0.5, 0.6) is 0 Å². The fourth-order valence-electron chi connectivity index (χ4n) is 4.69. The van der Waals surface area contributed by atoms with Crippen molar-refractivity contribution < 1.29 is 39.0 Å². The van der Waals surface area contributed by atoms with Gasteiger partial charge in [0.2, 0.25) is 23.6 Å². The van der Waals surface area contributed by atoms with Gasteiger partial charge in [-0.15, -0.1) is 0 Å². The Bertz CT molecular complexity index is 1440. The van der Waals surface area contributed by atoms with Crippen LogP contribution in [0.2, 0.25) is 0 Å². The van der Waals surface area contributed by atoms with Crippen molar-refractivity contribution in [3.05, 3.63) is 36.0 Å². The van der Waals surface area contributed by atoms with E-state index in [0.717, 1.165) is 10.9 Å². The van der Waals surface area contributed by atoms with E-state index in [1.807, 2.05) is 38.1 Å². The van der Waals surface area contributed by atoms with Gasteiger partial charge in [-0.05, 0) is 43.2 Å². The average molecular weight is 660 g/mol. The zero-order chi connectivity index (χ0) is 35.1. The van der Waals surface area contributed by atoms with Crippen LogP contribution in [0.1, 0.15) is 51.5 Å². The topological polar surface area (TPSA) is 297 Å². The summed E-state index contributed by atoms with van der Waals surface area (Å²) < 4.78 is 0. The molecule has 0 saturated carbocycles. The molecule has 0 spiro atoms. The largest absolute Gasteiger partial charge is 0.481 e. The van der Waals surface area contributed by atoms with Crippen LogP contribution in [0.4, 0.5) is 0 Å². The Morgan fingerprint density at radius 1 is 0.894 bits per heavy atom. The monoisotopic (exact) mass is 659 g/mol. The van der Waals surface area contributed by atoms with Crippen molar-refractivity contribution in [1.29, 1.82) is 0 Å². The van der Waals surface area contributed by atoms with Gasteiger partial charge in [0.1, 0.15) is 18.1 Å². The number of fused-ring (bicyclic) bond motifs is 1. The highest BCUT2D eigenvalue weighted by atomic mass is 16.4. The molecule has 0 bridgehead atoms. The van der Waals surface area contributed by atoms with Crippen LogP contribution in [-0.4, -0.2) is 94.0 Å². The molecule has 4 amide bonds. The quantitative estimate of drug-likeness (QED) is 0.0450. The molecule has 1 aromatic heterocycles. The minimum Gasteiger partial charge on any atom is -0.481 e. The summed E-state index contributed by atoms with van der Waals surface area (Å²) in [4.78, 5) is 81.5. The Morgan fingerprint density at radius 3 is 2.19 bits per heavy atom. The second-order valence-electron chi connectivity index (χ2n) is 11.5. The number of nitrogens with two attached hydrogens (primary N) is 3. The van der Waals surface area contributed by atoms with Gasteiger partial charge >= 0.3 is 11.9 Å². The number of nitrogens with zero attached hydrogens (tertiary/aromatic N) is 1. The van der Waals surface area contributed by atoms with E-state index >= 15 is 0 Å². The van der Waals surface area contributed by atoms with E-state index in [0.29, 0.717) is 5.56 Å². The number of benzene rings is 1. The highest BCUT2D eigenvalue weighted by Gasteiger charge is 2.30. The molecule has 0 radical (unpaired) electrons. The Labute approximate surface area is 271 Å². The number of H-pyrrole nitrogens is 1. The highest BCUT2D eigenvalue weighted by Crippen LogP contribution is 2.19. The van der Waals surface area contributed by atoms with Crippen LogP contribution < -0.4 is 38.5 Å². The van der Waals surface area contributed by atoms with Crippen molar-refractivity contribution in [1.82, 2.24) is 26.3 Å². The number of nitrogens with one attached hydrogen (secondary N) is 5. The summed E-state index contributed by atoms with van der Waals surface area (Å²) in [6.45, 7) is 3.24. The van der Waals surface area contributed by atoms with Gasteiger partial charge in [-0.2, -0.15) is 0 Å². The lowest BCUT2D eigenvalue weighted by Gasteiger charge is -2.25. The predicted octanol–water partition coefficient (Wildman–Crippen LogP) is -1.34. The number of carboxylic acids is 2. The molecule has 0 aliphatic heterocycles. The summed E-state index contributed by atoms with van der Waals surface area (Å²) in [6.07, 6.45) is 1.66. The molecule has 17 nitrogen and oxygen atoms in total. The molecule has 1 heterocycles. The summed E-state index contributed by atoms with van der Waals surface area (Å²) in [7, 11) is 0. The number of aromatic nitrogens is 1. The lowest BCUT2D eigenvalue weighted by molar-refractivity contribution is -0.142. The van der Waals surface area contributed by atoms with Crippen LogP contribution in [0, 0.1) is 5.92 Å². The van der Waals surface area contributed by atoms with Crippen LogP contribution in [0.25, 0.3) is 10.9 Å². The van der Waals surface area contributed by atoms with E-state index in [1.165, 1.54) is 0 Å². The number of carbonyl (C=O) groups is 6. The molecular formula is C30H45N9O8. The van der Waals surface area contributed by atoms with Gasteiger partial charge in [0.05, 0.1) is 12.6 Å². The number of hydrogen-bond acceptors (Lipinski definition) is 8. The maximum atomic E-state index is 13.5. The molecule has 2 rings (SSSR count). The first-order chi connectivity index (χ1) is 22.2. The molecule has 13 N–H and O–H groups in total. The van der Waals surface area contributed by atoms with Gasteiger partial charge in [0.25, 0.3) is 0 Å². The molecule has 47 heavy (non-hydrogen) atoms. The van der Waals surface area contributed by atoms with E-state index in [4.69, 9.17) is 22.3 Å². The smallest absolute Gasteiger partial charge is 0.326 e. The molecule has 17 heteroatoms. The summed E-state index contributed by atoms with van der Waals surface area (Å²) in [6, 6.07) is 2.53. The average Bonchev–Trinajstić information content (AvgIpc) is 3.41. The summed E-state index contributed by atoms with van der Waals surface area (Å²) in [5.41, 5.74) is 17.9. The van der Waals surface area contributed by atoms with Crippen molar-refractivity contribution >= 4 is 52.4 Å². The van der Waals surface area contributed by atoms with Gasteiger partial charge in [0.15, 0.2) is 5.96 Å². The summed E-state index contributed by atoms with van der Waals surface area (Å²) in [5.74, 6) is -5.54. The number of carbonyl (C=O) groups excluding carboxylic acids is 4. The number of rotatable bonds is 20. The zero-order valence-electron chi connectivity index (χ0n) is 26.5. The molecule has 1 aromatic carbocycles. The number of aromatic amines is 1. The second kappa shape index (κ2) is 18.7. The Hall–Kier alpha value is -5.19. The molecular weight excluding hydrogens is 614 g/mol. The third-order valence-corrected chi connectivity index (χ3v) is 7.08. The van der Waals surface area contributed by atoms with Crippen molar-refractivity contribution in [3.8, 4) is 0 Å². The fourth-order valence-corrected chi connectivity index (χ4v) is 4.69. The summed E-state index contributed by atoms with van der Waals surface area (Å²) >= 11 is 0. The van der Waals surface area contributed by atoms with Crippen LogP contribution >= 0.6 is 0 Å². The molecule has 4 atom stereocenters. The Balaban J connectivity index is 2.15. The number of carboxylic acid groups (broad SMARTS) is 2. The number of aliphatic imine (C=N–C) groups is 1. The SMILES string of the molecule is CC(C)C[C@H](NC(=O)CNC(=O)[C@@H](N)CCC(=O)O)C(=O)N[C@@H](CCCN=C(N)N)C(=O)N[C@@H](Cc1c[nH]c2ccccc12)C(=O)O. The van der Waals surface area contributed by atoms with Crippen LogP contribution in [0.15, 0.2) is 35.5 Å². The van der Waals surface area contributed by atoms with Crippen LogP contribution in [-0.2, 0) is 35.2 Å². The lowest BCUT2D eigenvalue weighted by Crippen LogP contribution is -2.57. The van der Waals surface area contributed by atoms with E-state index < -0.39 is 66.3 Å². The Kier molecular flexibility index (Phi) is 15.1. The molecule has 258 valence electrons. The minimum absolute atomic E-state index is 0.0303. The number of hydrogen-bond donors (Lipinski definition) is 10. The fraction of sp³-hybridized carbons (Fsp3) is 0.500. The van der Waals surface area contributed by atoms with Gasteiger partial charge in [-0.1, -0.05) is 32.0 Å². The van der Waals surface area contributed by atoms with Crippen molar-refractivity contribution in [3.63, 3.8) is 0 Å². The molecule has 0 unspecified atom stereocenters. The third kappa shape index (κ3) is 13.4. The van der Waals surface area contributed by atoms with Gasteiger partial charge < -0.3 is 53.7 Å². The number of guanidine groups is 1. The maximum absolute atomic E-state index is 13.5. The van der Waals surface area contributed by atoms with E-state index in [-0.39, 0.29) is 56.9 Å². The van der Waals surface area contributed by atoms with Crippen molar-refractivity contribution in [2.45, 2.75) is 76.5 Å². The van der Waals surface area contributed by atoms with Crippen LogP contribution in [0.3, 0.4) is 0 Å². The first-order valence-corrected chi connectivity index (χ1v) is 15.2. The van der Waals surface area contributed by atoms with E-state index in [9.17, 15) is 33.9 Å². The summed E-state index contributed by atoms with van der Waals surface area (Å²) in [5, 5.41) is 29.5. The highest BCUT2D eigenvalue weighted by molar-refractivity contribution is 5.94. The first-order valence-electron chi connectivity index (χ1n) is 15.2. The van der Waals surface area contributed by atoms with Crippen molar-refractivity contribution in [2.75, 3.05) is 13.1 Å². The maximum Gasteiger partial charge on any atom is 0.326 e. The molecule has 0 aliphatic carbocycles. The molecule has 0 fully saturated rings. The number of amides is 4. The normalized spacial score (nSPS) is 13.5. The van der Waals surface area contributed by atoms with Gasteiger partial charge in [0, 0.05) is 36.5 Å². The first kappa shape index (κ1) is 38.0. The molecule has 0 aliphatic rings. The third-order valence-electron chi connectivity index (χ3n) is 7.08. The zero-order valence-corrected chi connectivity index (χ0v) is 26.5. The van der Waals surface area contributed by atoms with Gasteiger partial charge in [-0.25, -0.2) is 4.79 Å².